The van der Waals surface area contributed by atoms with Gasteiger partial charge in [0, 0.05) is 38.9 Å². The molecule has 4 heterocycles. The molecule has 162 valence electrons. The van der Waals surface area contributed by atoms with Gasteiger partial charge in [-0.2, -0.15) is 4.31 Å². The number of H-pyrrole nitrogens is 1. The molecule has 1 aromatic heterocycles. The molecule has 3 aliphatic heterocycles. The van der Waals surface area contributed by atoms with Crippen LogP contribution in [0, 0.1) is 0 Å². The molecule has 0 spiro atoms. The molecule has 4 rings (SSSR count). The van der Waals surface area contributed by atoms with E-state index in [1.165, 1.54) is 35.8 Å². The van der Waals surface area contributed by atoms with Gasteiger partial charge in [-0.25, -0.2) is 8.42 Å². The Morgan fingerprint density at radius 2 is 1.79 bits per heavy atom. The quantitative estimate of drug-likeness (QED) is 0.717. The summed E-state index contributed by atoms with van der Waals surface area (Å²) in [6.07, 6.45) is 7.93. The van der Waals surface area contributed by atoms with Crippen molar-refractivity contribution in [3.8, 4) is 0 Å². The molecule has 0 aromatic carbocycles. The molecule has 9 heteroatoms. The summed E-state index contributed by atoms with van der Waals surface area (Å²) in [6.45, 7) is 6.16. The third kappa shape index (κ3) is 4.84. The molecule has 0 saturated carbocycles. The Labute approximate surface area is 173 Å². The highest BCUT2D eigenvalue weighted by atomic mass is 32.2. The Kier molecular flexibility index (Phi) is 6.58. The molecule has 8 nitrogen and oxygen atoms in total. The maximum Gasteiger partial charge on any atom is 0.270 e. The van der Waals surface area contributed by atoms with E-state index in [9.17, 15) is 13.2 Å². The summed E-state index contributed by atoms with van der Waals surface area (Å²) in [7, 11) is -3.61. The molecular weight excluding hydrogens is 392 g/mol. The van der Waals surface area contributed by atoms with Crippen molar-refractivity contribution in [1.82, 2.24) is 19.1 Å². The summed E-state index contributed by atoms with van der Waals surface area (Å²) in [6, 6.07) is 1.47. The highest BCUT2D eigenvalue weighted by Crippen LogP contribution is 2.24. The van der Waals surface area contributed by atoms with E-state index in [0.29, 0.717) is 31.8 Å². The first-order valence-electron chi connectivity index (χ1n) is 10.9. The summed E-state index contributed by atoms with van der Waals surface area (Å²) in [5.74, 6) is -0.121. The fourth-order valence-corrected chi connectivity index (χ4v) is 5.95. The van der Waals surface area contributed by atoms with Gasteiger partial charge in [0.05, 0.1) is 12.7 Å². The van der Waals surface area contributed by atoms with Crippen LogP contribution in [0.2, 0.25) is 0 Å². The number of carbonyl (C=O) groups is 1. The summed E-state index contributed by atoms with van der Waals surface area (Å²) >= 11 is 0. The topological polar surface area (TPSA) is 86.0 Å². The van der Waals surface area contributed by atoms with Crippen LogP contribution in [-0.2, 0) is 14.8 Å². The van der Waals surface area contributed by atoms with E-state index in [-0.39, 0.29) is 16.9 Å². The number of ether oxygens (including phenoxy) is 1. The SMILES string of the molecule is O=C(c1cc(S(=O)(=O)N2CC[C@@H](OCCN3CCCCC3)C2)c[nH]1)N1CCCC1. The number of nitrogens with one attached hydrogen (secondary N) is 1. The predicted molar refractivity (Wildman–Crippen MR) is 109 cm³/mol. The lowest BCUT2D eigenvalue weighted by atomic mass is 10.1. The van der Waals surface area contributed by atoms with E-state index >= 15 is 0 Å². The second-order valence-corrected chi connectivity index (χ2v) is 10.2. The van der Waals surface area contributed by atoms with Gasteiger partial charge in [-0.3, -0.25) is 4.79 Å². The number of nitrogens with zero attached hydrogens (tertiary/aromatic N) is 3. The number of carbonyl (C=O) groups excluding carboxylic acids is 1. The molecule has 1 atom stereocenters. The third-order valence-corrected chi connectivity index (χ3v) is 8.08. The molecule has 3 saturated heterocycles. The molecule has 0 unspecified atom stereocenters. The minimum atomic E-state index is -3.61. The average molecular weight is 425 g/mol. The van der Waals surface area contributed by atoms with Crippen LogP contribution in [0.4, 0.5) is 0 Å². The van der Waals surface area contributed by atoms with Gasteiger partial charge in [-0.05, 0) is 51.3 Å². The van der Waals surface area contributed by atoms with Crippen LogP contribution in [0.15, 0.2) is 17.2 Å². The molecule has 0 bridgehead atoms. The number of rotatable bonds is 7. The van der Waals surface area contributed by atoms with E-state index < -0.39 is 10.0 Å². The largest absolute Gasteiger partial charge is 0.375 e. The van der Waals surface area contributed by atoms with Gasteiger partial charge in [0.15, 0.2) is 0 Å². The van der Waals surface area contributed by atoms with Gasteiger partial charge < -0.3 is 19.5 Å². The number of hydrogen-bond acceptors (Lipinski definition) is 5. The lowest BCUT2D eigenvalue weighted by Crippen LogP contribution is -2.34. The lowest BCUT2D eigenvalue weighted by Gasteiger charge is -2.26. The monoisotopic (exact) mass is 424 g/mol. The van der Waals surface area contributed by atoms with Crippen LogP contribution >= 0.6 is 0 Å². The molecule has 3 aliphatic rings. The second kappa shape index (κ2) is 9.16. The number of piperidine rings is 1. The zero-order valence-electron chi connectivity index (χ0n) is 17.0. The smallest absolute Gasteiger partial charge is 0.270 e. The lowest BCUT2D eigenvalue weighted by molar-refractivity contribution is 0.0430. The van der Waals surface area contributed by atoms with Gasteiger partial charge in [0.2, 0.25) is 10.0 Å². The predicted octanol–water partition coefficient (Wildman–Crippen LogP) is 1.52. The molecule has 1 N–H and O–H groups in total. The average Bonchev–Trinajstić information content (AvgIpc) is 3.50. The summed E-state index contributed by atoms with van der Waals surface area (Å²) in [5.41, 5.74) is 0.346. The highest BCUT2D eigenvalue weighted by molar-refractivity contribution is 7.89. The Bertz CT molecular complexity index is 797. The van der Waals surface area contributed by atoms with Crippen molar-refractivity contribution in [2.24, 2.45) is 0 Å². The van der Waals surface area contributed by atoms with Crippen molar-refractivity contribution in [2.75, 3.05) is 52.4 Å². The first kappa shape index (κ1) is 20.8. The van der Waals surface area contributed by atoms with Crippen LogP contribution in [0.5, 0.6) is 0 Å². The van der Waals surface area contributed by atoms with Crippen LogP contribution in [0.1, 0.15) is 49.0 Å². The molecule has 29 heavy (non-hydrogen) atoms. The number of aromatic amines is 1. The molecular formula is C20H32N4O4S. The van der Waals surface area contributed by atoms with Crippen molar-refractivity contribution in [3.63, 3.8) is 0 Å². The normalized spacial score (nSPS) is 24.4. The number of hydrogen-bond donors (Lipinski definition) is 1. The van der Waals surface area contributed by atoms with E-state index in [2.05, 4.69) is 9.88 Å². The first-order chi connectivity index (χ1) is 14.0. The Balaban J connectivity index is 1.29. The Morgan fingerprint density at radius 1 is 1.07 bits per heavy atom. The third-order valence-electron chi connectivity index (χ3n) is 6.24. The van der Waals surface area contributed by atoms with Crippen LogP contribution in [0.25, 0.3) is 0 Å². The van der Waals surface area contributed by atoms with Gasteiger partial charge in [-0.15, -0.1) is 0 Å². The zero-order valence-corrected chi connectivity index (χ0v) is 17.8. The fourth-order valence-electron chi connectivity index (χ4n) is 4.47. The highest BCUT2D eigenvalue weighted by Gasteiger charge is 2.34. The number of likely N-dealkylation sites (tertiary alicyclic amines) is 2. The van der Waals surface area contributed by atoms with Crippen LogP contribution < -0.4 is 0 Å². The number of amides is 1. The molecule has 1 amide bonds. The van der Waals surface area contributed by atoms with Crippen molar-refractivity contribution >= 4 is 15.9 Å². The first-order valence-corrected chi connectivity index (χ1v) is 12.3. The standard InChI is InChI=1S/C20H32N4O4S/c25-20(23-9-4-5-10-23)19-14-18(15-21-19)29(26,27)24-11-6-17(16-24)28-13-12-22-7-2-1-3-8-22/h14-15,17,21H,1-13,16H2/t17-/m1/s1. The van der Waals surface area contributed by atoms with Crippen LogP contribution in [0.3, 0.4) is 0 Å². The fraction of sp³-hybridized carbons (Fsp3) is 0.750. The molecule has 0 aliphatic carbocycles. The Morgan fingerprint density at radius 3 is 2.55 bits per heavy atom. The van der Waals surface area contributed by atoms with E-state index in [1.807, 2.05) is 0 Å². The van der Waals surface area contributed by atoms with Crippen LogP contribution in [-0.4, -0.2) is 91.9 Å². The summed E-state index contributed by atoms with van der Waals surface area (Å²) in [5, 5.41) is 0. The molecule has 1 aromatic rings. The van der Waals surface area contributed by atoms with Gasteiger partial charge >= 0.3 is 0 Å². The van der Waals surface area contributed by atoms with Crippen molar-refractivity contribution in [2.45, 2.75) is 49.5 Å². The van der Waals surface area contributed by atoms with Gasteiger partial charge in [0.1, 0.15) is 10.6 Å². The van der Waals surface area contributed by atoms with E-state index in [0.717, 1.165) is 45.6 Å². The maximum atomic E-state index is 13.0. The summed E-state index contributed by atoms with van der Waals surface area (Å²) in [4.78, 5) is 19.7. The van der Waals surface area contributed by atoms with Crippen molar-refractivity contribution < 1.29 is 17.9 Å². The zero-order chi connectivity index (χ0) is 20.3. The number of aromatic nitrogens is 1. The van der Waals surface area contributed by atoms with Crippen molar-refractivity contribution in [3.05, 3.63) is 18.0 Å². The van der Waals surface area contributed by atoms with Gasteiger partial charge in [0.25, 0.3) is 5.91 Å². The van der Waals surface area contributed by atoms with Crippen molar-refractivity contribution in [1.29, 1.82) is 0 Å². The summed E-state index contributed by atoms with van der Waals surface area (Å²) < 4.78 is 33.4. The number of sulfonamides is 1. The maximum absolute atomic E-state index is 13.0. The van der Waals surface area contributed by atoms with E-state index in [4.69, 9.17) is 4.74 Å². The Hall–Kier alpha value is -1.42. The van der Waals surface area contributed by atoms with Gasteiger partial charge in [-0.1, -0.05) is 6.42 Å². The molecule has 3 fully saturated rings. The van der Waals surface area contributed by atoms with E-state index in [1.54, 1.807) is 4.90 Å². The second-order valence-electron chi connectivity index (χ2n) is 8.30. The minimum Gasteiger partial charge on any atom is -0.375 e. The molecule has 0 radical (unpaired) electrons. The minimum absolute atomic E-state index is 0.0563.